The summed E-state index contributed by atoms with van der Waals surface area (Å²) in [6.45, 7) is 9.11. The van der Waals surface area contributed by atoms with Crippen LogP contribution in [-0.4, -0.2) is 45.9 Å². The zero-order chi connectivity index (χ0) is 22.6. The van der Waals surface area contributed by atoms with Gasteiger partial charge >= 0.3 is 6.09 Å². The number of benzene rings is 2. The molecule has 7 heteroatoms. The van der Waals surface area contributed by atoms with Crippen molar-refractivity contribution in [3.05, 3.63) is 59.8 Å². The van der Waals surface area contributed by atoms with Crippen molar-refractivity contribution in [1.82, 2.24) is 20.4 Å². The first kappa shape index (κ1) is 22.1. The van der Waals surface area contributed by atoms with Crippen molar-refractivity contribution in [2.75, 3.05) is 18.4 Å². The lowest BCUT2D eigenvalue weighted by Gasteiger charge is -2.33. The van der Waals surface area contributed by atoms with Crippen molar-refractivity contribution >= 4 is 22.7 Å². The maximum atomic E-state index is 11.9. The molecule has 32 heavy (non-hydrogen) atoms. The van der Waals surface area contributed by atoms with Gasteiger partial charge in [-0.05, 0) is 62.9 Å². The van der Waals surface area contributed by atoms with E-state index >= 15 is 0 Å². The van der Waals surface area contributed by atoms with Gasteiger partial charge in [-0.1, -0.05) is 24.3 Å². The normalized spacial score (nSPS) is 15.6. The van der Waals surface area contributed by atoms with Gasteiger partial charge in [0.05, 0.1) is 11.7 Å². The molecule has 1 amide bonds. The van der Waals surface area contributed by atoms with E-state index in [2.05, 4.69) is 62.1 Å². The van der Waals surface area contributed by atoms with Gasteiger partial charge in [0.15, 0.2) is 0 Å². The first-order valence-electron chi connectivity index (χ1n) is 11.3. The van der Waals surface area contributed by atoms with Gasteiger partial charge in [0.25, 0.3) is 0 Å². The van der Waals surface area contributed by atoms with Crippen LogP contribution in [0.25, 0.3) is 10.9 Å². The van der Waals surface area contributed by atoms with Crippen LogP contribution in [0.2, 0.25) is 0 Å². The zero-order valence-corrected chi connectivity index (χ0v) is 19.1. The van der Waals surface area contributed by atoms with Crippen LogP contribution in [0.1, 0.15) is 44.7 Å². The van der Waals surface area contributed by atoms with Gasteiger partial charge in [-0.15, -0.1) is 0 Å². The molecule has 0 bridgehead atoms. The van der Waals surface area contributed by atoms with E-state index in [1.807, 2.05) is 33.0 Å². The van der Waals surface area contributed by atoms with E-state index in [9.17, 15) is 4.79 Å². The van der Waals surface area contributed by atoms with Crippen LogP contribution < -0.4 is 10.6 Å². The molecule has 1 aliphatic heterocycles. The van der Waals surface area contributed by atoms with Gasteiger partial charge in [-0.25, -0.2) is 4.79 Å². The summed E-state index contributed by atoms with van der Waals surface area (Å²) in [5.74, 6) is 0. The van der Waals surface area contributed by atoms with Crippen molar-refractivity contribution in [3.8, 4) is 0 Å². The minimum atomic E-state index is -0.487. The van der Waals surface area contributed by atoms with Crippen molar-refractivity contribution in [1.29, 1.82) is 0 Å². The monoisotopic (exact) mass is 435 g/mol. The number of nitrogens with one attached hydrogen (secondary N) is 3. The van der Waals surface area contributed by atoms with E-state index in [-0.39, 0.29) is 6.09 Å². The lowest BCUT2D eigenvalue weighted by Crippen LogP contribution is -2.38. The number of rotatable bonds is 6. The molecule has 0 radical (unpaired) electrons. The molecule has 1 aliphatic rings. The summed E-state index contributed by atoms with van der Waals surface area (Å²) in [7, 11) is 0. The number of anilines is 1. The Kier molecular flexibility index (Phi) is 6.65. The van der Waals surface area contributed by atoms with Crippen LogP contribution in [0, 0.1) is 0 Å². The van der Waals surface area contributed by atoms with Crippen LogP contribution in [0.3, 0.4) is 0 Å². The summed E-state index contributed by atoms with van der Waals surface area (Å²) in [4.78, 5) is 14.4. The Bertz CT molecular complexity index is 1050. The van der Waals surface area contributed by atoms with Crippen LogP contribution in [-0.2, 0) is 17.8 Å². The van der Waals surface area contributed by atoms with Crippen molar-refractivity contribution in [3.63, 3.8) is 0 Å². The number of alkyl carbamates (subject to hydrolysis) is 1. The van der Waals surface area contributed by atoms with Crippen LogP contribution in [0.15, 0.2) is 48.7 Å². The number of likely N-dealkylation sites (tertiary alicyclic amines) is 1. The van der Waals surface area contributed by atoms with Gasteiger partial charge in [0, 0.05) is 43.3 Å². The highest BCUT2D eigenvalue weighted by atomic mass is 16.6. The molecule has 3 N–H and O–H groups in total. The molecule has 0 unspecified atom stereocenters. The Hall–Kier alpha value is -3.06. The topological polar surface area (TPSA) is 82.3 Å². The third-order valence-corrected chi connectivity index (χ3v) is 5.63. The zero-order valence-electron chi connectivity index (χ0n) is 19.1. The van der Waals surface area contributed by atoms with E-state index in [1.165, 1.54) is 5.56 Å². The van der Waals surface area contributed by atoms with Crippen molar-refractivity contribution < 1.29 is 9.53 Å². The molecule has 0 aliphatic carbocycles. The highest BCUT2D eigenvalue weighted by Crippen LogP contribution is 2.21. The van der Waals surface area contributed by atoms with Crippen LogP contribution in [0.5, 0.6) is 0 Å². The largest absolute Gasteiger partial charge is 0.444 e. The molecular weight excluding hydrogens is 402 g/mol. The summed E-state index contributed by atoms with van der Waals surface area (Å²) < 4.78 is 5.31. The van der Waals surface area contributed by atoms with Gasteiger partial charge < -0.3 is 15.4 Å². The molecular formula is C25H33N5O2. The maximum absolute atomic E-state index is 11.9. The predicted molar refractivity (Wildman–Crippen MR) is 128 cm³/mol. The number of nitrogens with zero attached hydrogens (tertiary/aromatic N) is 2. The molecule has 170 valence electrons. The predicted octanol–water partition coefficient (Wildman–Crippen LogP) is 4.66. The third kappa shape index (κ3) is 6.23. The quantitative estimate of drug-likeness (QED) is 0.524. The number of amides is 1. The molecule has 0 spiro atoms. The summed E-state index contributed by atoms with van der Waals surface area (Å²) >= 11 is 0. The number of carbonyl (C=O) groups excluding carboxylic acids is 1. The lowest BCUT2D eigenvalue weighted by molar-refractivity contribution is 0.0523. The SMILES string of the molecule is CC(C)(C)OC(=O)NCc1cccc(CN2CCC(Nc3ccc4[nH]ncc4c3)CC2)c1. The van der Waals surface area contributed by atoms with E-state index in [4.69, 9.17) is 4.74 Å². The Morgan fingerprint density at radius 1 is 1.16 bits per heavy atom. The van der Waals surface area contributed by atoms with E-state index in [0.717, 1.165) is 54.6 Å². The van der Waals surface area contributed by atoms with Gasteiger partial charge in [0.1, 0.15) is 5.60 Å². The number of aromatic nitrogens is 2. The number of H-pyrrole nitrogens is 1. The molecule has 0 saturated carbocycles. The Morgan fingerprint density at radius 3 is 2.72 bits per heavy atom. The number of fused-ring (bicyclic) bond motifs is 1. The average molecular weight is 436 g/mol. The standard InChI is InChI=1S/C25H33N5O2/c1-25(2,3)32-24(31)26-15-18-5-4-6-19(13-18)17-30-11-9-21(10-12-30)28-22-7-8-23-20(14-22)16-27-29-23/h4-8,13-14,16,21,28H,9-12,15,17H2,1-3H3,(H,26,31)(H,27,29). The molecule has 2 heterocycles. The number of carbonyl (C=O) groups is 1. The number of aromatic amines is 1. The molecule has 1 saturated heterocycles. The number of ether oxygens (including phenoxy) is 1. The fourth-order valence-corrected chi connectivity index (χ4v) is 4.09. The Labute approximate surface area is 189 Å². The first-order chi connectivity index (χ1) is 15.3. The molecule has 1 aromatic heterocycles. The van der Waals surface area contributed by atoms with Crippen molar-refractivity contribution in [2.45, 2.75) is 58.3 Å². The second-order valence-electron chi connectivity index (χ2n) is 9.54. The maximum Gasteiger partial charge on any atom is 0.407 e. The molecule has 2 aromatic carbocycles. The Morgan fingerprint density at radius 2 is 1.94 bits per heavy atom. The number of hydrogen-bond acceptors (Lipinski definition) is 5. The van der Waals surface area contributed by atoms with Crippen LogP contribution >= 0.6 is 0 Å². The lowest BCUT2D eigenvalue weighted by atomic mass is 10.0. The minimum absolute atomic E-state index is 0.385. The second kappa shape index (κ2) is 9.61. The van der Waals surface area contributed by atoms with Crippen molar-refractivity contribution in [2.24, 2.45) is 0 Å². The second-order valence-corrected chi connectivity index (χ2v) is 9.54. The number of piperidine rings is 1. The molecule has 4 rings (SSSR count). The molecule has 3 aromatic rings. The summed E-state index contributed by atoms with van der Waals surface area (Å²) in [5.41, 5.74) is 4.08. The van der Waals surface area contributed by atoms with Gasteiger partial charge in [0.2, 0.25) is 0 Å². The summed E-state index contributed by atoms with van der Waals surface area (Å²) in [5, 5.41) is 14.7. The van der Waals surface area contributed by atoms with Crippen LogP contribution in [0.4, 0.5) is 10.5 Å². The van der Waals surface area contributed by atoms with E-state index in [1.54, 1.807) is 0 Å². The van der Waals surface area contributed by atoms with E-state index < -0.39 is 5.60 Å². The molecule has 7 nitrogen and oxygen atoms in total. The van der Waals surface area contributed by atoms with Gasteiger partial charge in [-0.3, -0.25) is 10.00 Å². The average Bonchev–Trinajstić information content (AvgIpc) is 3.21. The minimum Gasteiger partial charge on any atom is -0.444 e. The fourth-order valence-electron chi connectivity index (χ4n) is 4.09. The summed E-state index contributed by atoms with van der Waals surface area (Å²) in [6, 6.07) is 15.2. The van der Waals surface area contributed by atoms with E-state index in [0.29, 0.717) is 12.6 Å². The highest BCUT2D eigenvalue weighted by molar-refractivity contribution is 5.81. The highest BCUT2D eigenvalue weighted by Gasteiger charge is 2.20. The molecule has 1 fully saturated rings. The third-order valence-electron chi connectivity index (χ3n) is 5.63. The fraction of sp³-hybridized carbons (Fsp3) is 0.440. The first-order valence-corrected chi connectivity index (χ1v) is 11.3. The Balaban J connectivity index is 1.24. The smallest absolute Gasteiger partial charge is 0.407 e. The summed E-state index contributed by atoms with van der Waals surface area (Å²) in [6.07, 6.45) is 3.71. The number of hydrogen-bond donors (Lipinski definition) is 3. The molecule has 0 atom stereocenters. The van der Waals surface area contributed by atoms with Gasteiger partial charge in [-0.2, -0.15) is 5.10 Å².